The third-order valence-corrected chi connectivity index (χ3v) is 9.15. The number of aliphatic imine (C=N–C) groups is 1. The van der Waals surface area contributed by atoms with E-state index in [1.807, 2.05) is 6.07 Å². The minimum atomic E-state index is -0.446. The molecule has 10 nitrogen and oxygen atoms in total. The molecule has 2 aromatic rings. The first kappa shape index (κ1) is 27.3. The number of nitrogens with two attached hydrogens (primary N) is 1. The number of anilines is 5. The van der Waals surface area contributed by atoms with Gasteiger partial charge in [-0.2, -0.15) is 0 Å². The standard InChI is InChI=1S/C30H44N8O2/c1-30(36-18-16-35(2)17-19-36)13-4-5-15-37(30)23-6-8-24(9-7-23)38-26-25(10-14-32-27(26)31)34-28(29(38)39-3)33-22-11-20-40-21-12-22/h6-10,14,22,29H,4-5,11-13,15-21H2,1-3H3,(H2,31,32)(H,33,34). The molecule has 0 bridgehead atoms. The van der Waals surface area contributed by atoms with Crippen molar-refractivity contribution in [2.24, 2.45) is 4.99 Å². The summed E-state index contributed by atoms with van der Waals surface area (Å²) in [6.45, 7) is 9.43. The number of nitrogens with zero attached hydrogens (tertiary/aromatic N) is 6. The average Bonchev–Trinajstić information content (AvgIpc) is 2.98. The second-order valence-electron chi connectivity index (χ2n) is 11.7. The molecule has 4 aliphatic heterocycles. The zero-order valence-electron chi connectivity index (χ0n) is 24.2. The highest BCUT2D eigenvalue weighted by Gasteiger charge is 2.41. The molecule has 2 unspecified atom stereocenters. The van der Waals surface area contributed by atoms with Crippen molar-refractivity contribution in [1.82, 2.24) is 14.8 Å². The van der Waals surface area contributed by atoms with Crippen molar-refractivity contribution in [3.8, 4) is 0 Å². The molecular formula is C30H44N8O2. The Bertz CT molecular complexity index is 1190. The summed E-state index contributed by atoms with van der Waals surface area (Å²) in [6.07, 6.45) is 6.77. The Morgan fingerprint density at radius 1 is 1.02 bits per heavy atom. The average molecular weight is 549 g/mol. The van der Waals surface area contributed by atoms with E-state index in [1.54, 1.807) is 13.3 Å². The van der Waals surface area contributed by atoms with Crippen LogP contribution in [0.5, 0.6) is 0 Å². The molecule has 216 valence electrons. The number of hydrogen-bond donors (Lipinski definition) is 2. The summed E-state index contributed by atoms with van der Waals surface area (Å²) < 4.78 is 11.6. The van der Waals surface area contributed by atoms with Gasteiger partial charge in [-0.25, -0.2) is 4.98 Å². The van der Waals surface area contributed by atoms with Crippen LogP contribution >= 0.6 is 0 Å². The van der Waals surface area contributed by atoms with E-state index in [0.717, 1.165) is 81.7 Å². The van der Waals surface area contributed by atoms with Gasteiger partial charge < -0.3 is 35.2 Å². The summed E-state index contributed by atoms with van der Waals surface area (Å²) in [6, 6.07) is 11.0. The van der Waals surface area contributed by atoms with Gasteiger partial charge in [0.05, 0.1) is 17.4 Å². The molecule has 1 aromatic heterocycles. The van der Waals surface area contributed by atoms with Crippen LogP contribution in [-0.2, 0) is 9.47 Å². The molecule has 0 saturated carbocycles. The van der Waals surface area contributed by atoms with Crippen LogP contribution < -0.4 is 20.9 Å². The number of piperidine rings is 1. The number of fused-ring (bicyclic) bond motifs is 1. The first-order valence-electron chi connectivity index (χ1n) is 14.8. The van der Waals surface area contributed by atoms with Crippen LogP contribution in [0.2, 0.25) is 0 Å². The Labute approximate surface area is 238 Å². The van der Waals surface area contributed by atoms with E-state index in [9.17, 15) is 0 Å². The topological polar surface area (TPSA) is 94.7 Å². The maximum absolute atomic E-state index is 6.47. The third-order valence-electron chi connectivity index (χ3n) is 9.15. The van der Waals surface area contributed by atoms with Crippen LogP contribution in [-0.4, -0.2) is 98.6 Å². The highest BCUT2D eigenvalue weighted by molar-refractivity contribution is 6.09. The first-order chi connectivity index (χ1) is 19.5. The number of aromatic nitrogens is 1. The molecule has 6 rings (SSSR count). The first-order valence-corrected chi connectivity index (χ1v) is 14.8. The van der Waals surface area contributed by atoms with E-state index in [1.165, 1.54) is 24.9 Å². The lowest BCUT2D eigenvalue weighted by Gasteiger charge is -2.54. The maximum Gasteiger partial charge on any atom is 0.192 e. The Morgan fingerprint density at radius 2 is 1.75 bits per heavy atom. The van der Waals surface area contributed by atoms with Crippen molar-refractivity contribution in [2.75, 3.05) is 80.9 Å². The molecular weight excluding hydrogens is 504 g/mol. The molecule has 5 heterocycles. The number of likely N-dealkylation sites (N-methyl/N-ethyl adjacent to an activating group) is 1. The summed E-state index contributed by atoms with van der Waals surface area (Å²) in [5, 5.41) is 3.50. The number of hydrogen-bond acceptors (Lipinski definition) is 9. The Balaban J connectivity index is 1.33. The van der Waals surface area contributed by atoms with E-state index in [2.05, 4.69) is 68.1 Å². The van der Waals surface area contributed by atoms with Crippen molar-refractivity contribution in [1.29, 1.82) is 0 Å². The SMILES string of the molecule is COC1C(=NC2CCOCC2)Nc2ccnc(N)c2N1c1ccc(N2CCCCC2(C)N2CCN(C)CC2)cc1. The molecule has 0 radical (unpaired) electrons. The van der Waals surface area contributed by atoms with Gasteiger partial charge in [-0.15, -0.1) is 0 Å². The van der Waals surface area contributed by atoms with Gasteiger partial charge in [0, 0.05) is 70.6 Å². The fourth-order valence-electron chi connectivity index (χ4n) is 6.77. The summed E-state index contributed by atoms with van der Waals surface area (Å²) in [4.78, 5) is 19.4. The normalized spacial score (nSPS) is 28.0. The number of ether oxygens (including phenoxy) is 2. The van der Waals surface area contributed by atoms with Gasteiger partial charge in [-0.3, -0.25) is 9.89 Å². The predicted octanol–water partition coefficient (Wildman–Crippen LogP) is 3.73. The minimum absolute atomic E-state index is 0.0234. The van der Waals surface area contributed by atoms with Crippen LogP contribution in [0.1, 0.15) is 39.0 Å². The van der Waals surface area contributed by atoms with Gasteiger partial charge in [0.2, 0.25) is 0 Å². The fraction of sp³-hybridized carbons (Fsp3) is 0.600. The lowest BCUT2D eigenvalue weighted by molar-refractivity contribution is 0.0322. The number of rotatable bonds is 5. The third kappa shape index (κ3) is 5.13. The van der Waals surface area contributed by atoms with Crippen LogP contribution in [0, 0.1) is 0 Å². The molecule has 1 aromatic carbocycles. The summed E-state index contributed by atoms with van der Waals surface area (Å²) in [5.74, 6) is 1.25. The number of nitrogens with one attached hydrogen (secondary N) is 1. The number of pyridine rings is 1. The number of methoxy groups -OCH3 is 1. The van der Waals surface area contributed by atoms with Gasteiger partial charge in [0.15, 0.2) is 12.1 Å². The van der Waals surface area contributed by atoms with Crippen LogP contribution in [0.25, 0.3) is 0 Å². The molecule has 40 heavy (non-hydrogen) atoms. The van der Waals surface area contributed by atoms with Crippen molar-refractivity contribution >= 4 is 34.4 Å². The predicted molar refractivity (Wildman–Crippen MR) is 162 cm³/mol. The highest BCUT2D eigenvalue weighted by atomic mass is 16.5. The summed E-state index contributed by atoms with van der Waals surface area (Å²) in [5.41, 5.74) is 10.4. The zero-order valence-corrected chi connectivity index (χ0v) is 24.2. The molecule has 0 spiro atoms. The monoisotopic (exact) mass is 548 g/mol. The number of nitrogen functional groups attached to an aromatic ring is 1. The Morgan fingerprint density at radius 3 is 2.48 bits per heavy atom. The number of benzene rings is 1. The van der Waals surface area contributed by atoms with Crippen molar-refractivity contribution in [2.45, 2.75) is 57.0 Å². The van der Waals surface area contributed by atoms with Gasteiger partial charge >= 0.3 is 0 Å². The minimum Gasteiger partial charge on any atom is -0.382 e. The van der Waals surface area contributed by atoms with Gasteiger partial charge in [0.25, 0.3) is 0 Å². The van der Waals surface area contributed by atoms with Crippen LogP contribution in [0.3, 0.4) is 0 Å². The van der Waals surface area contributed by atoms with Gasteiger partial charge in [-0.05, 0) is 76.4 Å². The summed E-state index contributed by atoms with van der Waals surface area (Å²) >= 11 is 0. The maximum atomic E-state index is 6.47. The lowest BCUT2D eigenvalue weighted by atomic mass is 9.93. The van der Waals surface area contributed by atoms with E-state index in [-0.39, 0.29) is 11.7 Å². The molecule has 3 N–H and O–H groups in total. The molecule has 2 atom stereocenters. The van der Waals surface area contributed by atoms with E-state index < -0.39 is 6.23 Å². The smallest absolute Gasteiger partial charge is 0.192 e. The van der Waals surface area contributed by atoms with Gasteiger partial charge in [0.1, 0.15) is 11.5 Å². The Hall–Kier alpha value is -2.92. The Kier molecular flexibility index (Phi) is 7.85. The van der Waals surface area contributed by atoms with Crippen molar-refractivity contribution in [3.63, 3.8) is 0 Å². The van der Waals surface area contributed by atoms with E-state index >= 15 is 0 Å². The molecule has 10 heteroatoms. The van der Waals surface area contributed by atoms with Crippen LogP contribution in [0.4, 0.5) is 28.6 Å². The fourth-order valence-corrected chi connectivity index (χ4v) is 6.77. The molecule has 0 aliphatic carbocycles. The molecule has 4 aliphatic rings. The summed E-state index contributed by atoms with van der Waals surface area (Å²) in [7, 11) is 3.94. The lowest BCUT2D eigenvalue weighted by Crippen LogP contribution is -2.64. The molecule has 0 amide bonds. The molecule has 3 fully saturated rings. The largest absolute Gasteiger partial charge is 0.382 e. The number of amidine groups is 1. The van der Waals surface area contributed by atoms with Gasteiger partial charge in [-0.1, -0.05) is 0 Å². The second kappa shape index (κ2) is 11.5. The highest BCUT2D eigenvalue weighted by Crippen LogP contribution is 2.43. The van der Waals surface area contributed by atoms with E-state index in [0.29, 0.717) is 5.82 Å². The number of piperazine rings is 1. The zero-order chi connectivity index (χ0) is 27.7. The molecule has 3 saturated heterocycles. The second-order valence-corrected chi connectivity index (χ2v) is 11.7. The quantitative estimate of drug-likeness (QED) is 0.580. The van der Waals surface area contributed by atoms with E-state index in [4.69, 9.17) is 20.2 Å². The van der Waals surface area contributed by atoms with Crippen molar-refractivity contribution in [3.05, 3.63) is 36.5 Å². The van der Waals surface area contributed by atoms with Crippen LogP contribution in [0.15, 0.2) is 41.5 Å². The van der Waals surface area contributed by atoms with Crippen molar-refractivity contribution < 1.29 is 9.47 Å².